The normalized spacial score (nSPS) is 10.2. The van der Waals surface area contributed by atoms with E-state index in [1.165, 1.54) is 0 Å². The molecule has 1 heterocycles. The van der Waals surface area contributed by atoms with Crippen molar-refractivity contribution in [1.82, 2.24) is 9.97 Å². The van der Waals surface area contributed by atoms with Gasteiger partial charge in [-0.1, -0.05) is 13.8 Å². The van der Waals surface area contributed by atoms with Gasteiger partial charge in [0.2, 0.25) is 5.95 Å². The number of nitrogens with zero attached hydrogens (tertiary/aromatic N) is 2. The Morgan fingerprint density at radius 3 is 2.06 bits per heavy atom. The molecule has 0 aliphatic rings. The van der Waals surface area contributed by atoms with Gasteiger partial charge in [0.15, 0.2) is 0 Å². The Morgan fingerprint density at radius 2 is 1.75 bits per heavy atom. The molecular weight excluding hydrogens is 206 g/mol. The number of hydrogen-bond acceptors (Lipinski definition) is 4. The molecule has 0 aromatic carbocycles. The van der Waals surface area contributed by atoms with E-state index in [1.807, 2.05) is 13.8 Å². The first-order valence-electron chi connectivity index (χ1n) is 5.40. The van der Waals surface area contributed by atoms with E-state index < -0.39 is 5.97 Å². The highest BCUT2D eigenvalue weighted by atomic mass is 16.4. The lowest BCUT2D eigenvalue weighted by Crippen LogP contribution is -2.12. The van der Waals surface area contributed by atoms with E-state index in [0.29, 0.717) is 18.8 Å². The number of carbonyl (C=O) groups is 1. The minimum atomic E-state index is -0.842. The van der Waals surface area contributed by atoms with Crippen LogP contribution in [0.25, 0.3) is 0 Å². The molecular formula is C11H17N3O2. The fourth-order valence-electron chi connectivity index (χ4n) is 1.63. The van der Waals surface area contributed by atoms with Crippen LogP contribution in [0.1, 0.15) is 30.8 Å². The predicted octanol–water partition coefficient (Wildman–Crippen LogP) is 1.27. The quantitative estimate of drug-likeness (QED) is 0.786. The van der Waals surface area contributed by atoms with Crippen LogP contribution < -0.4 is 5.32 Å². The highest BCUT2D eigenvalue weighted by Gasteiger charge is 2.14. The van der Waals surface area contributed by atoms with Gasteiger partial charge in [0.25, 0.3) is 0 Å². The Balaban J connectivity index is 3.25. The second-order valence-corrected chi connectivity index (χ2v) is 3.45. The van der Waals surface area contributed by atoms with Gasteiger partial charge in [-0.15, -0.1) is 0 Å². The summed E-state index contributed by atoms with van der Waals surface area (Å²) >= 11 is 0. The molecule has 5 heteroatoms. The van der Waals surface area contributed by atoms with Crippen molar-refractivity contribution in [1.29, 1.82) is 0 Å². The minimum absolute atomic E-state index is 0.00363. The molecule has 0 saturated heterocycles. The highest BCUT2D eigenvalue weighted by Crippen LogP contribution is 2.16. The van der Waals surface area contributed by atoms with Crippen LogP contribution in [-0.4, -0.2) is 28.1 Å². The maximum absolute atomic E-state index is 10.8. The number of aromatic nitrogens is 2. The molecule has 0 radical (unpaired) electrons. The van der Waals surface area contributed by atoms with Crippen LogP contribution in [0, 0.1) is 0 Å². The maximum Gasteiger partial charge on any atom is 0.307 e. The first kappa shape index (κ1) is 12.4. The first-order chi connectivity index (χ1) is 7.62. The number of aryl methyl sites for hydroxylation is 2. The summed E-state index contributed by atoms with van der Waals surface area (Å²) in [6.45, 7) is 3.93. The van der Waals surface area contributed by atoms with Gasteiger partial charge in [0.1, 0.15) is 0 Å². The number of hydrogen-bond donors (Lipinski definition) is 2. The fourth-order valence-corrected chi connectivity index (χ4v) is 1.63. The van der Waals surface area contributed by atoms with Gasteiger partial charge in [0, 0.05) is 24.0 Å². The standard InChI is InChI=1S/C11H17N3O2/c1-4-8-7(6-10(15)16)9(5-2)14-11(12-3)13-8/h4-6H2,1-3H3,(H,15,16)(H,12,13,14). The third-order valence-corrected chi connectivity index (χ3v) is 2.40. The van der Waals surface area contributed by atoms with Gasteiger partial charge in [-0.3, -0.25) is 4.79 Å². The predicted molar refractivity (Wildman–Crippen MR) is 61.7 cm³/mol. The molecule has 1 aromatic rings. The molecule has 0 spiro atoms. The minimum Gasteiger partial charge on any atom is -0.481 e. The summed E-state index contributed by atoms with van der Waals surface area (Å²) in [5.41, 5.74) is 2.40. The lowest BCUT2D eigenvalue weighted by molar-refractivity contribution is -0.136. The van der Waals surface area contributed by atoms with Crippen LogP contribution >= 0.6 is 0 Å². The van der Waals surface area contributed by atoms with Crippen LogP contribution in [0.4, 0.5) is 5.95 Å². The molecule has 88 valence electrons. The number of rotatable bonds is 5. The summed E-state index contributed by atoms with van der Waals surface area (Å²) in [5.74, 6) is -0.284. The van der Waals surface area contributed by atoms with E-state index in [4.69, 9.17) is 5.11 Å². The largest absolute Gasteiger partial charge is 0.481 e. The van der Waals surface area contributed by atoms with Crippen molar-refractivity contribution >= 4 is 11.9 Å². The van der Waals surface area contributed by atoms with Gasteiger partial charge < -0.3 is 10.4 Å². The molecule has 0 bridgehead atoms. The average Bonchev–Trinajstić information content (AvgIpc) is 2.28. The second kappa shape index (κ2) is 5.44. The highest BCUT2D eigenvalue weighted by molar-refractivity contribution is 5.71. The zero-order valence-electron chi connectivity index (χ0n) is 9.87. The summed E-state index contributed by atoms with van der Waals surface area (Å²) in [7, 11) is 1.76. The third-order valence-electron chi connectivity index (χ3n) is 2.40. The summed E-state index contributed by atoms with van der Waals surface area (Å²) in [6.07, 6.45) is 1.43. The Kier molecular flexibility index (Phi) is 4.22. The Bertz CT molecular complexity index is 366. The smallest absolute Gasteiger partial charge is 0.307 e. The molecule has 0 fully saturated rings. The molecule has 0 amide bonds. The van der Waals surface area contributed by atoms with Crippen LogP contribution in [0.2, 0.25) is 0 Å². The number of aliphatic carboxylic acids is 1. The Hall–Kier alpha value is -1.65. The fraction of sp³-hybridized carbons (Fsp3) is 0.545. The summed E-state index contributed by atoms with van der Waals surface area (Å²) in [5, 5.41) is 11.7. The maximum atomic E-state index is 10.8. The van der Waals surface area contributed by atoms with E-state index in [-0.39, 0.29) is 6.42 Å². The third kappa shape index (κ3) is 2.68. The summed E-state index contributed by atoms with van der Waals surface area (Å²) < 4.78 is 0. The molecule has 0 unspecified atom stereocenters. The van der Waals surface area contributed by atoms with Crippen molar-refractivity contribution in [3.8, 4) is 0 Å². The van der Waals surface area contributed by atoms with E-state index >= 15 is 0 Å². The monoisotopic (exact) mass is 223 g/mol. The topological polar surface area (TPSA) is 75.1 Å². The molecule has 16 heavy (non-hydrogen) atoms. The van der Waals surface area contributed by atoms with Gasteiger partial charge in [-0.2, -0.15) is 0 Å². The van der Waals surface area contributed by atoms with Crippen LogP contribution in [0.3, 0.4) is 0 Å². The molecule has 2 N–H and O–H groups in total. The number of carboxylic acid groups (broad SMARTS) is 1. The van der Waals surface area contributed by atoms with Crippen molar-refractivity contribution in [2.75, 3.05) is 12.4 Å². The van der Waals surface area contributed by atoms with Gasteiger partial charge in [0.05, 0.1) is 6.42 Å². The first-order valence-corrected chi connectivity index (χ1v) is 5.40. The van der Waals surface area contributed by atoms with E-state index in [1.54, 1.807) is 7.05 Å². The molecule has 1 rings (SSSR count). The van der Waals surface area contributed by atoms with Crippen molar-refractivity contribution in [3.63, 3.8) is 0 Å². The molecule has 0 saturated carbocycles. The second-order valence-electron chi connectivity index (χ2n) is 3.45. The van der Waals surface area contributed by atoms with Crippen molar-refractivity contribution < 1.29 is 9.90 Å². The van der Waals surface area contributed by atoms with Gasteiger partial charge in [-0.25, -0.2) is 9.97 Å². The SMILES string of the molecule is CCc1nc(NC)nc(CC)c1CC(=O)O. The summed E-state index contributed by atoms with van der Waals surface area (Å²) in [6, 6.07) is 0. The van der Waals surface area contributed by atoms with Gasteiger partial charge in [-0.05, 0) is 12.8 Å². The molecule has 1 aromatic heterocycles. The van der Waals surface area contributed by atoms with Crippen LogP contribution in [0.5, 0.6) is 0 Å². The van der Waals surface area contributed by atoms with E-state index in [0.717, 1.165) is 17.0 Å². The van der Waals surface area contributed by atoms with Crippen molar-refractivity contribution in [2.45, 2.75) is 33.1 Å². The molecule has 0 aliphatic heterocycles. The van der Waals surface area contributed by atoms with Crippen molar-refractivity contribution in [3.05, 3.63) is 17.0 Å². The van der Waals surface area contributed by atoms with Gasteiger partial charge >= 0.3 is 5.97 Å². The number of carboxylic acids is 1. The van der Waals surface area contributed by atoms with Crippen LogP contribution in [0.15, 0.2) is 0 Å². The number of nitrogens with one attached hydrogen (secondary N) is 1. The zero-order valence-corrected chi connectivity index (χ0v) is 9.87. The molecule has 5 nitrogen and oxygen atoms in total. The zero-order chi connectivity index (χ0) is 12.1. The average molecular weight is 223 g/mol. The molecule has 0 aliphatic carbocycles. The lowest BCUT2D eigenvalue weighted by atomic mass is 10.0. The van der Waals surface area contributed by atoms with Crippen molar-refractivity contribution in [2.24, 2.45) is 0 Å². The molecule has 0 atom stereocenters. The number of anilines is 1. The summed E-state index contributed by atoms with van der Waals surface area (Å²) in [4.78, 5) is 19.4. The van der Waals surface area contributed by atoms with E-state index in [2.05, 4.69) is 15.3 Å². The Labute approximate surface area is 94.9 Å². The van der Waals surface area contributed by atoms with Crippen LogP contribution in [-0.2, 0) is 24.1 Å². The Morgan fingerprint density at radius 1 is 1.25 bits per heavy atom. The lowest BCUT2D eigenvalue weighted by Gasteiger charge is -2.11. The van der Waals surface area contributed by atoms with E-state index in [9.17, 15) is 4.79 Å².